The van der Waals surface area contributed by atoms with Crippen LogP contribution < -0.4 is 10.6 Å². The molecule has 2 aliphatic rings. The molecule has 2 heterocycles. The van der Waals surface area contributed by atoms with Gasteiger partial charge in [-0.05, 0) is 58.7 Å². The van der Waals surface area contributed by atoms with Gasteiger partial charge < -0.3 is 15.5 Å². The molecule has 0 aromatic heterocycles. The lowest BCUT2D eigenvalue weighted by Gasteiger charge is -2.27. The Balaban J connectivity index is 1.52. The Morgan fingerprint density at radius 1 is 1.24 bits per heavy atom. The number of nitrogens with zero attached hydrogens (tertiary/aromatic N) is 1. The summed E-state index contributed by atoms with van der Waals surface area (Å²) in [5.41, 5.74) is 0. The van der Waals surface area contributed by atoms with E-state index in [0.29, 0.717) is 6.04 Å². The average molecular weight is 239 g/mol. The molecule has 100 valence electrons. The van der Waals surface area contributed by atoms with E-state index in [1.54, 1.807) is 0 Å². The van der Waals surface area contributed by atoms with Crippen LogP contribution in [0, 0.1) is 0 Å². The predicted octanol–water partition coefficient (Wildman–Crippen LogP) is 1.59. The largest absolute Gasteiger partial charge is 0.314 e. The molecule has 2 saturated heterocycles. The van der Waals surface area contributed by atoms with Gasteiger partial charge in [-0.1, -0.05) is 6.42 Å². The van der Waals surface area contributed by atoms with Gasteiger partial charge in [0.1, 0.15) is 0 Å². The van der Waals surface area contributed by atoms with Crippen molar-refractivity contribution in [2.24, 2.45) is 0 Å². The number of rotatable bonds is 6. The molecule has 0 aromatic rings. The van der Waals surface area contributed by atoms with E-state index in [-0.39, 0.29) is 0 Å². The van der Waals surface area contributed by atoms with Crippen LogP contribution >= 0.6 is 0 Å². The number of hydrogen-bond donors (Lipinski definition) is 2. The monoisotopic (exact) mass is 239 g/mol. The first kappa shape index (κ1) is 13.3. The summed E-state index contributed by atoms with van der Waals surface area (Å²) in [4.78, 5) is 2.58. The molecule has 0 radical (unpaired) electrons. The second-order valence-corrected chi connectivity index (χ2v) is 5.79. The molecular formula is C14H29N3. The summed E-state index contributed by atoms with van der Waals surface area (Å²) >= 11 is 0. The van der Waals surface area contributed by atoms with Crippen molar-refractivity contribution in [2.75, 3.05) is 32.7 Å². The van der Waals surface area contributed by atoms with E-state index in [0.717, 1.165) is 12.6 Å². The summed E-state index contributed by atoms with van der Waals surface area (Å²) in [6.07, 6.45) is 8.26. The Morgan fingerprint density at radius 2 is 2.06 bits per heavy atom. The molecule has 0 spiro atoms. The van der Waals surface area contributed by atoms with Crippen molar-refractivity contribution in [3.8, 4) is 0 Å². The lowest BCUT2D eigenvalue weighted by molar-refractivity contribution is 0.310. The summed E-state index contributed by atoms with van der Waals surface area (Å²) in [6.45, 7) is 8.60. The highest BCUT2D eigenvalue weighted by Crippen LogP contribution is 2.12. The highest BCUT2D eigenvalue weighted by molar-refractivity contribution is 4.77. The van der Waals surface area contributed by atoms with E-state index < -0.39 is 0 Å². The molecule has 2 unspecified atom stereocenters. The third kappa shape index (κ3) is 4.94. The number of nitrogens with one attached hydrogen (secondary N) is 2. The maximum absolute atomic E-state index is 3.68. The van der Waals surface area contributed by atoms with Crippen LogP contribution in [-0.2, 0) is 0 Å². The Morgan fingerprint density at radius 3 is 2.76 bits per heavy atom. The molecule has 3 nitrogen and oxygen atoms in total. The van der Waals surface area contributed by atoms with Crippen molar-refractivity contribution in [1.29, 1.82) is 0 Å². The SMILES string of the molecule is CC(CC1CCCCN1)NCCN1CCCC1. The fraction of sp³-hybridized carbons (Fsp3) is 1.00. The molecule has 2 N–H and O–H groups in total. The maximum Gasteiger partial charge on any atom is 0.0107 e. The number of piperidine rings is 1. The summed E-state index contributed by atoms with van der Waals surface area (Å²) < 4.78 is 0. The minimum atomic E-state index is 0.660. The smallest absolute Gasteiger partial charge is 0.0107 e. The van der Waals surface area contributed by atoms with Gasteiger partial charge >= 0.3 is 0 Å². The van der Waals surface area contributed by atoms with Crippen LogP contribution in [0.25, 0.3) is 0 Å². The summed E-state index contributed by atoms with van der Waals surface area (Å²) in [5.74, 6) is 0. The zero-order chi connectivity index (χ0) is 11.9. The highest BCUT2D eigenvalue weighted by Gasteiger charge is 2.16. The van der Waals surface area contributed by atoms with Gasteiger partial charge in [0.25, 0.3) is 0 Å². The standard InChI is InChI=1S/C14H29N3/c1-13(12-14-6-2-3-7-16-14)15-8-11-17-9-4-5-10-17/h13-16H,2-12H2,1H3. The molecule has 0 saturated carbocycles. The van der Waals surface area contributed by atoms with Crippen molar-refractivity contribution < 1.29 is 0 Å². The average Bonchev–Trinajstić information content (AvgIpc) is 2.83. The van der Waals surface area contributed by atoms with E-state index in [4.69, 9.17) is 0 Å². The minimum Gasteiger partial charge on any atom is -0.314 e. The van der Waals surface area contributed by atoms with Crippen molar-refractivity contribution in [3.05, 3.63) is 0 Å². The first-order chi connectivity index (χ1) is 8.34. The van der Waals surface area contributed by atoms with E-state index in [1.807, 2.05) is 0 Å². The normalized spacial score (nSPS) is 28.4. The van der Waals surface area contributed by atoms with Gasteiger partial charge in [-0.3, -0.25) is 0 Å². The molecule has 0 aromatic carbocycles. The van der Waals surface area contributed by atoms with E-state index in [9.17, 15) is 0 Å². The molecule has 2 atom stereocenters. The van der Waals surface area contributed by atoms with Crippen LogP contribution in [0.15, 0.2) is 0 Å². The zero-order valence-corrected chi connectivity index (χ0v) is 11.4. The molecular weight excluding hydrogens is 210 g/mol. The van der Waals surface area contributed by atoms with Crippen LogP contribution in [-0.4, -0.2) is 49.7 Å². The Kier molecular flexibility index (Phi) is 5.75. The van der Waals surface area contributed by atoms with Gasteiger partial charge in [-0.25, -0.2) is 0 Å². The Hall–Kier alpha value is -0.120. The van der Waals surface area contributed by atoms with E-state index >= 15 is 0 Å². The topological polar surface area (TPSA) is 27.3 Å². The first-order valence-corrected chi connectivity index (χ1v) is 7.54. The molecule has 0 aliphatic carbocycles. The number of likely N-dealkylation sites (tertiary alicyclic amines) is 1. The second-order valence-electron chi connectivity index (χ2n) is 5.79. The van der Waals surface area contributed by atoms with Crippen molar-refractivity contribution in [3.63, 3.8) is 0 Å². The quantitative estimate of drug-likeness (QED) is 0.737. The number of hydrogen-bond acceptors (Lipinski definition) is 3. The van der Waals surface area contributed by atoms with Gasteiger partial charge in [-0.2, -0.15) is 0 Å². The zero-order valence-electron chi connectivity index (χ0n) is 11.4. The summed E-state index contributed by atoms with van der Waals surface area (Å²) in [5, 5.41) is 7.31. The molecule has 2 rings (SSSR count). The summed E-state index contributed by atoms with van der Waals surface area (Å²) in [6, 6.07) is 1.42. The van der Waals surface area contributed by atoms with Crippen LogP contribution in [0.3, 0.4) is 0 Å². The Labute approximate surface area is 106 Å². The molecule has 3 heteroatoms. The fourth-order valence-electron chi connectivity index (χ4n) is 3.11. The lowest BCUT2D eigenvalue weighted by atomic mass is 9.99. The van der Waals surface area contributed by atoms with Gasteiger partial charge in [0, 0.05) is 25.2 Å². The van der Waals surface area contributed by atoms with Crippen LogP contribution in [0.4, 0.5) is 0 Å². The molecule has 17 heavy (non-hydrogen) atoms. The van der Waals surface area contributed by atoms with Gasteiger partial charge in [-0.15, -0.1) is 0 Å². The molecule has 2 aliphatic heterocycles. The first-order valence-electron chi connectivity index (χ1n) is 7.54. The molecule has 0 bridgehead atoms. The molecule has 2 fully saturated rings. The van der Waals surface area contributed by atoms with E-state index in [2.05, 4.69) is 22.5 Å². The predicted molar refractivity (Wildman–Crippen MR) is 73.4 cm³/mol. The summed E-state index contributed by atoms with van der Waals surface area (Å²) in [7, 11) is 0. The molecule has 0 amide bonds. The third-order valence-electron chi connectivity index (χ3n) is 4.17. The second kappa shape index (κ2) is 7.34. The van der Waals surface area contributed by atoms with Crippen molar-refractivity contribution in [2.45, 2.75) is 57.5 Å². The lowest BCUT2D eigenvalue weighted by Crippen LogP contribution is -2.41. The maximum atomic E-state index is 3.68. The van der Waals surface area contributed by atoms with Crippen LogP contribution in [0.2, 0.25) is 0 Å². The van der Waals surface area contributed by atoms with E-state index in [1.165, 1.54) is 64.7 Å². The van der Waals surface area contributed by atoms with Crippen molar-refractivity contribution >= 4 is 0 Å². The third-order valence-corrected chi connectivity index (χ3v) is 4.17. The van der Waals surface area contributed by atoms with Gasteiger partial charge in [0.15, 0.2) is 0 Å². The van der Waals surface area contributed by atoms with Crippen LogP contribution in [0.1, 0.15) is 45.4 Å². The van der Waals surface area contributed by atoms with Crippen LogP contribution in [0.5, 0.6) is 0 Å². The van der Waals surface area contributed by atoms with Gasteiger partial charge in [0.2, 0.25) is 0 Å². The fourth-order valence-corrected chi connectivity index (χ4v) is 3.11. The van der Waals surface area contributed by atoms with Gasteiger partial charge in [0.05, 0.1) is 0 Å². The van der Waals surface area contributed by atoms with Crippen molar-refractivity contribution in [1.82, 2.24) is 15.5 Å². The highest BCUT2D eigenvalue weighted by atomic mass is 15.2. The minimum absolute atomic E-state index is 0.660. The Bertz CT molecular complexity index is 196.